The predicted molar refractivity (Wildman–Crippen MR) is 128 cm³/mol. The molecule has 0 bridgehead atoms. The van der Waals surface area contributed by atoms with Gasteiger partial charge < -0.3 is 15.8 Å². The number of nitro groups is 1. The summed E-state index contributed by atoms with van der Waals surface area (Å²) in [6.07, 6.45) is -0.130. The number of nitrogens with one attached hydrogen (secondary N) is 1. The van der Waals surface area contributed by atoms with Gasteiger partial charge in [-0.15, -0.1) is 0 Å². The van der Waals surface area contributed by atoms with Crippen molar-refractivity contribution < 1.29 is 22.8 Å². The van der Waals surface area contributed by atoms with E-state index in [9.17, 15) is 23.3 Å². The zero-order valence-corrected chi connectivity index (χ0v) is 18.3. The lowest BCUT2D eigenvalue weighted by Gasteiger charge is -2.10. The van der Waals surface area contributed by atoms with E-state index in [1.807, 2.05) is 0 Å². The van der Waals surface area contributed by atoms with Crippen LogP contribution in [0.4, 0.5) is 36.3 Å². The summed E-state index contributed by atoms with van der Waals surface area (Å²) in [5.74, 6) is 0.756. The van der Waals surface area contributed by atoms with Crippen molar-refractivity contribution in [2.24, 2.45) is 0 Å². The van der Waals surface area contributed by atoms with E-state index in [4.69, 9.17) is 10.5 Å². The molecule has 2 aromatic carbocycles. The van der Waals surface area contributed by atoms with Crippen LogP contribution in [-0.2, 0) is 6.18 Å². The van der Waals surface area contributed by atoms with Gasteiger partial charge in [0.2, 0.25) is 5.95 Å². The molecular formula is C24H17F3N6O3. The summed E-state index contributed by atoms with van der Waals surface area (Å²) in [6.45, 7) is 0. The Labute approximate surface area is 202 Å². The molecule has 12 heteroatoms. The second-order valence-corrected chi connectivity index (χ2v) is 7.35. The lowest BCUT2D eigenvalue weighted by Crippen LogP contribution is -2.07. The van der Waals surface area contributed by atoms with Crippen LogP contribution in [0.5, 0.6) is 11.5 Å². The van der Waals surface area contributed by atoms with Crippen molar-refractivity contribution in [3.8, 4) is 11.5 Å². The van der Waals surface area contributed by atoms with Crippen LogP contribution in [0.2, 0.25) is 0 Å². The number of anilines is 3. The SMILES string of the molecule is Nc1cc(/C=C/c2ccc([N+](=O)[O-])cc2)nc(Nc2ccc(Oc3ccnc(C(F)(F)F)c3)cc2)n1. The quantitative estimate of drug-likeness (QED) is 0.233. The molecule has 0 aliphatic rings. The van der Waals surface area contributed by atoms with Gasteiger partial charge in [-0.1, -0.05) is 6.08 Å². The zero-order valence-electron chi connectivity index (χ0n) is 18.3. The van der Waals surface area contributed by atoms with Gasteiger partial charge in [-0.05, 0) is 54.1 Å². The van der Waals surface area contributed by atoms with Gasteiger partial charge >= 0.3 is 6.18 Å². The normalized spacial score (nSPS) is 11.4. The molecule has 0 saturated carbocycles. The van der Waals surface area contributed by atoms with E-state index in [-0.39, 0.29) is 23.2 Å². The molecule has 2 heterocycles. The molecule has 36 heavy (non-hydrogen) atoms. The maximum Gasteiger partial charge on any atom is 0.433 e. The highest BCUT2D eigenvalue weighted by molar-refractivity contribution is 5.70. The molecule has 9 nitrogen and oxygen atoms in total. The number of hydrogen-bond donors (Lipinski definition) is 2. The number of nitrogens with zero attached hydrogens (tertiary/aromatic N) is 4. The molecular weight excluding hydrogens is 477 g/mol. The van der Waals surface area contributed by atoms with Gasteiger partial charge in [0, 0.05) is 36.1 Å². The van der Waals surface area contributed by atoms with Gasteiger partial charge in [0.1, 0.15) is 23.0 Å². The van der Waals surface area contributed by atoms with Crippen molar-refractivity contribution in [2.45, 2.75) is 6.18 Å². The summed E-state index contributed by atoms with van der Waals surface area (Å²) in [5.41, 5.74) is 6.65. The first-order valence-corrected chi connectivity index (χ1v) is 10.3. The van der Waals surface area contributed by atoms with Crippen LogP contribution in [0.1, 0.15) is 17.0 Å². The molecule has 0 saturated heterocycles. The van der Waals surface area contributed by atoms with Gasteiger partial charge in [0.05, 0.1) is 10.6 Å². The number of hydrogen-bond acceptors (Lipinski definition) is 8. The number of nitrogen functional groups attached to an aromatic ring is 1. The highest BCUT2D eigenvalue weighted by atomic mass is 19.4. The highest BCUT2D eigenvalue weighted by Gasteiger charge is 2.32. The van der Waals surface area contributed by atoms with Crippen molar-refractivity contribution in [1.29, 1.82) is 0 Å². The molecule has 4 aromatic rings. The number of non-ortho nitro benzene ring substituents is 1. The number of nitrogens with two attached hydrogens (primary N) is 1. The lowest BCUT2D eigenvalue weighted by molar-refractivity contribution is -0.384. The predicted octanol–water partition coefficient (Wildman–Crippen LogP) is 6.09. The van der Waals surface area contributed by atoms with Crippen LogP contribution in [0.3, 0.4) is 0 Å². The molecule has 182 valence electrons. The fourth-order valence-electron chi connectivity index (χ4n) is 3.02. The van der Waals surface area contributed by atoms with E-state index in [0.29, 0.717) is 17.1 Å². The third kappa shape index (κ3) is 6.32. The Balaban J connectivity index is 1.44. The Bertz CT molecular complexity index is 1410. The third-order valence-corrected chi connectivity index (χ3v) is 4.68. The number of aromatic nitrogens is 3. The zero-order chi connectivity index (χ0) is 25.7. The van der Waals surface area contributed by atoms with Crippen molar-refractivity contribution in [1.82, 2.24) is 15.0 Å². The van der Waals surface area contributed by atoms with Gasteiger partial charge in [-0.3, -0.25) is 15.1 Å². The largest absolute Gasteiger partial charge is 0.457 e. The van der Waals surface area contributed by atoms with E-state index in [1.165, 1.54) is 18.2 Å². The van der Waals surface area contributed by atoms with Gasteiger partial charge in [0.25, 0.3) is 5.69 Å². The van der Waals surface area contributed by atoms with E-state index < -0.39 is 16.8 Å². The molecule has 0 aliphatic heterocycles. The van der Waals surface area contributed by atoms with Crippen LogP contribution in [0.15, 0.2) is 72.9 Å². The fourth-order valence-corrected chi connectivity index (χ4v) is 3.02. The molecule has 0 spiro atoms. The molecule has 0 unspecified atom stereocenters. The van der Waals surface area contributed by atoms with Crippen LogP contribution in [0, 0.1) is 10.1 Å². The third-order valence-electron chi connectivity index (χ3n) is 4.68. The summed E-state index contributed by atoms with van der Waals surface area (Å²) in [4.78, 5) is 22.1. The summed E-state index contributed by atoms with van der Waals surface area (Å²) >= 11 is 0. The van der Waals surface area contributed by atoms with E-state index in [2.05, 4.69) is 20.3 Å². The summed E-state index contributed by atoms with van der Waals surface area (Å²) in [5, 5.41) is 13.8. The van der Waals surface area contributed by atoms with Crippen LogP contribution in [-0.4, -0.2) is 19.9 Å². The van der Waals surface area contributed by atoms with Crippen LogP contribution < -0.4 is 15.8 Å². The summed E-state index contributed by atoms with van der Waals surface area (Å²) in [6, 6.07) is 16.1. The molecule has 2 aromatic heterocycles. The Morgan fingerprint density at radius 3 is 2.33 bits per heavy atom. The maximum atomic E-state index is 12.8. The van der Waals surface area contributed by atoms with Gasteiger partial charge in [-0.25, -0.2) is 4.98 Å². The molecule has 0 aliphatic carbocycles. The van der Waals surface area contributed by atoms with Gasteiger partial charge in [-0.2, -0.15) is 18.2 Å². The number of pyridine rings is 1. The number of ether oxygens (including phenoxy) is 1. The first-order chi connectivity index (χ1) is 17.2. The first-order valence-electron chi connectivity index (χ1n) is 10.3. The second kappa shape index (κ2) is 10.1. The Hall–Kier alpha value is -5.00. The smallest absolute Gasteiger partial charge is 0.433 e. The monoisotopic (exact) mass is 494 g/mol. The molecule has 4 rings (SSSR count). The Kier molecular flexibility index (Phi) is 6.77. The standard InChI is InChI=1S/C24H17F3N6O3/c25-24(26,27)21-14-20(11-12-29-21)36-19-9-5-16(6-10-19)30-23-31-17(13-22(28)32-23)4-1-15-2-7-18(8-3-15)33(34)35/h1-14H,(H3,28,30,31,32)/b4-1+. The van der Waals surface area contributed by atoms with E-state index in [1.54, 1.807) is 54.6 Å². The van der Waals surface area contributed by atoms with Crippen molar-refractivity contribution in [3.63, 3.8) is 0 Å². The minimum Gasteiger partial charge on any atom is -0.457 e. The molecule has 0 fully saturated rings. The Morgan fingerprint density at radius 2 is 1.67 bits per heavy atom. The number of benzene rings is 2. The fraction of sp³-hybridized carbons (Fsp3) is 0.0417. The van der Waals surface area contributed by atoms with Crippen molar-refractivity contribution in [3.05, 3.63) is 100.0 Å². The molecule has 3 N–H and O–H groups in total. The molecule has 0 radical (unpaired) electrons. The molecule has 0 amide bonds. The van der Waals surface area contributed by atoms with E-state index in [0.717, 1.165) is 17.8 Å². The van der Waals surface area contributed by atoms with Crippen molar-refractivity contribution >= 4 is 35.3 Å². The minimum atomic E-state index is -4.57. The number of alkyl halides is 3. The van der Waals surface area contributed by atoms with E-state index >= 15 is 0 Å². The number of nitro benzene ring substituents is 1. The Morgan fingerprint density at radius 1 is 0.944 bits per heavy atom. The highest BCUT2D eigenvalue weighted by Crippen LogP contribution is 2.31. The summed E-state index contributed by atoms with van der Waals surface area (Å²) in [7, 11) is 0. The summed E-state index contributed by atoms with van der Waals surface area (Å²) < 4.78 is 44.0. The second-order valence-electron chi connectivity index (χ2n) is 7.35. The average Bonchev–Trinajstić information content (AvgIpc) is 2.83. The van der Waals surface area contributed by atoms with Crippen molar-refractivity contribution in [2.75, 3.05) is 11.1 Å². The molecule has 0 atom stereocenters. The van der Waals surface area contributed by atoms with Crippen LogP contribution >= 0.6 is 0 Å². The average molecular weight is 494 g/mol. The van der Waals surface area contributed by atoms with Crippen LogP contribution in [0.25, 0.3) is 12.2 Å². The number of halogens is 3. The van der Waals surface area contributed by atoms with Gasteiger partial charge in [0.15, 0.2) is 0 Å². The first kappa shape index (κ1) is 24.1. The topological polar surface area (TPSA) is 129 Å². The maximum absolute atomic E-state index is 12.8. The minimum absolute atomic E-state index is 0.00153. The lowest BCUT2D eigenvalue weighted by atomic mass is 10.2. The number of rotatable bonds is 7.